The molecule has 0 spiro atoms. The van der Waals surface area contributed by atoms with E-state index in [9.17, 15) is 22.8 Å². The molecule has 0 amide bonds. The molecule has 0 fully saturated rings. The number of aliphatic carboxylic acids is 1. The molecular weight excluding hydrogens is 535 g/mol. The summed E-state index contributed by atoms with van der Waals surface area (Å²) in [6, 6.07) is 16.8. The number of alkyl halides is 3. The Kier molecular flexibility index (Phi) is 10.8. The molecule has 0 unspecified atom stereocenters. The largest absolute Gasteiger partial charge is 0.573 e. The lowest BCUT2D eigenvalue weighted by atomic mass is 9.95. The fourth-order valence-electron chi connectivity index (χ4n) is 4.62. The van der Waals surface area contributed by atoms with Crippen LogP contribution in [0.4, 0.5) is 18.9 Å². The first kappa shape index (κ1) is 31.5. The van der Waals surface area contributed by atoms with Crippen LogP contribution in [0, 0.1) is 19.8 Å². The number of carboxylic acids is 1. The van der Waals surface area contributed by atoms with Crippen LogP contribution >= 0.6 is 0 Å². The third-order valence-electron chi connectivity index (χ3n) is 7.00. The minimum Gasteiger partial charge on any atom is -0.491 e. The molecule has 2 N–H and O–H groups in total. The molecule has 0 bridgehead atoms. The van der Waals surface area contributed by atoms with Gasteiger partial charge >= 0.3 is 12.3 Å². The van der Waals surface area contributed by atoms with E-state index in [1.54, 1.807) is 24.3 Å². The van der Waals surface area contributed by atoms with Crippen LogP contribution in [0.25, 0.3) is 11.1 Å². The van der Waals surface area contributed by atoms with Gasteiger partial charge in [-0.3, -0.25) is 9.59 Å². The maximum Gasteiger partial charge on any atom is 0.573 e. The smallest absolute Gasteiger partial charge is 0.491 e. The lowest BCUT2D eigenvalue weighted by Gasteiger charge is -2.26. The first-order chi connectivity index (χ1) is 19.4. The van der Waals surface area contributed by atoms with Crippen LogP contribution in [0.15, 0.2) is 60.7 Å². The topological polar surface area (TPSA) is 84.9 Å². The van der Waals surface area contributed by atoms with Crippen molar-refractivity contribution in [1.29, 1.82) is 0 Å². The Morgan fingerprint density at radius 2 is 1.54 bits per heavy atom. The van der Waals surface area contributed by atoms with E-state index in [4.69, 9.17) is 9.84 Å². The Balaban J connectivity index is 1.66. The average molecular weight is 572 g/mol. The highest BCUT2D eigenvalue weighted by atomic mass is 19.4. The van der Waals surface area contributed by atoms with Crippen LogP contribution in [-0.4, -0.2) is 35.9 Å². The van der Waals surface area contributed by atoms with Crippen molar-refractivity contribution in [3.05, 3.63) is 77.4 Å². The Morgan fingerprint density at radius 3 is 2.07 bits per heavy atom. The Hall–Kier alpha value is -4.01. The number of benzene rings is 3. The summed E-state index contributed by atoms with van der Waals surface area (Å²) >= 11 is 0. The van der Waals surface area contributed by atoms with Crippen LogP contribution in [-0.2, 0) is 4.79 Å². The summed E-state index contributed by atoms with van der Waals surface area (Å²) in [5.41, 5.74) is 4.96. The van der Waals surface area contributed by atoms with Gasteiger partial charge in [0.05, 0.1) is 6.04 Å². The minimum absolute atomic E-state index is 0.0152. The quantitative estimate of drug-likeness (QED) is 0.190. The molecule has 0 saturated carbocycles. The van der Waals surface area contributed by atoms with E-state index < -0.39 is 12.3 Å². The van der Waals surface area contributed by atoms with Crippen molar-refractivity contribution in [2.45, 2.75) is 65.8 Å². The van der Waals surface area contributed by atoms with Gasteiger partial charge in [0.2, 0.25) is 0 Å². The monoisotopic (exact) mass is 571 g/mol. The Bertz CT molecular complexity index is 1300. The molecule has 6 nitrogen and oxygen atoms in total. The van der Waals surface area contributed by atoms with Gasteiger partial charge in [-0.1, -0.05) is 32.4 Å². The van der Waals surface area contributed by atoms with Crippen LogP contribution in [0.2, 0.25) is 0 Å². The number of ether oxygens (including phenoxy) is 2. The number of rotatable bonds is 14. The van der Waals surface area contributed by atoms with Crippen LogP contribution in [0.3, 0.4) is 0 Å². The number of carbonyl (C=O) groups excluding carboxylic acids is 1. The zero-order valence-electron chi connectivity index (χ0n) is 23.7. The van der Waals surface area contributed by atoms with Crippen molar-refractivity contribution in [3.8, 4) is 22.6 Å². The molecule has 9 heteroatoms. The zero-order chi connectivity index (χ0) is 30.2. The predicted octanol–water partition coefficient (Wildman–Crippen LogP) is 8.21. The molecule has 3 aromatic rings. The molecule has 2 atom stereocenters. The van der Waals surface area contributed by atoms with E-state index in [-0.39, 0.29) is 36.3 Å². The van der Waals surface area contributed by atoms with Gasteiger partial charge in [0.25, 0.3) is 0 Å². The highest BCUT2D eigenvalue weighted by Gasteiger charge is 2.31. The van der Waals surface area contributed by atoms with Gasteiger partial charge in [-0.2, -0.15) is 0 Å². The molecule has 41 heavy (non-hydrogen) atoms. The summed E-state index contributed by atoms with van der Waals surface area (Å²) in [5, 5.41) is 12.3. The minimum atomic E-state index is -4.73. The molecule has 0 heterocycles. The highest BCUT2D eigenvalue weighted by Crippen LogP contribution is 2.33. The number of nitrogens with one attached hydrogen (secondary N) is 1. The maximum atomic E-state index is 12.5. The number of anilines is 1. The third-order valence-corrected chi connectivity index (χ3v) is 7.00. The van der Waals surface area contributed by atoms with Gasteiger partial charge < -0.3 is 19.9 Å². The van der Waals surface area contributed by atoms with Crippen molar-refractivity contribution < 1.29 is 37.3 Å². The maximum absolute atomic E-state index is 12.5. The lowest BCUT2D eigenvalue weighted by Crippen LogP contribution is -2.33. The van der Waals surface area contributed by atoms with Crippen molar-refractivity contribution >= 4 is 17.4 Å². The van der Waals surface area contributed by atoms with Crippen LogP contribution in [0.1, 0.15) is 61.0 Å². The normalized spacial score (nSPS) is 12.9. The molecule has 0 aromatic heterocycles. The lowest BCUT2D eigenvalue weighted by molar-refractivity contribution is -0.274. The number of ketones is 1. The number of carboxylic acid groups (broad SMARTS) is 1. The molecule has 0 aliphatic heterocycles. The average Bonchev–Trinajstić information content (AvgIpc) is 2.90. The molecule has 3 rings (SSSR count). The predicted molar refractivity (Wildman–Crippen MR) is 153 cm³/mol. The van der Waals surface area contributed by atoms with Gasteiger partial charge in [-0.15, -0.1) is 13.2 Å². The van der Waals surface area contributed by atoms with E-state index in [0.717, 1.165) is 34.4 Å². The van der Waals surface area contributed by atoms with E-state index in [1.807, 2.05) is 38.1 Å². The molecular formula is C32H36F3NO5. The van der Waals surface area contributed by atoms with Crippen molar-refractivity contribution in [2.24, 2.45) is 5.92 Å². The van der Waals surface area contributed by atoms with Crippen molar-refractivity contribution in [3.63, 3.8) is 0 Å². The fourth-order valence-corrected chi connectivity index (χ4v) is 4.62. The van der Waals surface area contributed by atoms with Gasteiger partial charge in [0.15, 0.2) is 5.78 Å². The van der Waals surface area contributed by atoms with Gasteiger partial charge in [-0.05, 0) is 97.0 Å². The first-order valence-corrected chi connectivity index (χ1v) is 13.6. The second-order valence-electron chi connectivity index (χ2n) is 10.2. The molecule has 0 radical (unpaired) electrons. The number of carbonyl (C=O) groups is 2. The van der Waals surface area contributed by atoms with E-state index >= 15 is 0 Å². The number of aryl methyl sites for hydroxylation is 2. The molecule has 0 aliphatic carbocycles. The fraction of sp³-hybridized carbons (Fsp3) is 0.375. The Morgan fingerprint density at radius 1 is 0.927 bits per heavy atom. The second kappa shape index (κ2) is 14.1. The number of hydrogen-bond donors (Lipinski definition) is 2. The SMILES string of the molecule is CC[C@H](C)[C@@H](COc1cc(C)c(-c2ccc(OC(F)(F)F)cc2)c(C)c1)Nc1ccc(C(=O)CCCC(=O)O)cc1. The highest BCUT2D eigenvalue weighted by molar-refractivity contribution is 5.96. The van der Waals surface area contributed by atoms with Crippen LogP contribution < -0.4 is 14.8 Å². The number of hydrogen-bond acceptors (Lipinski definition) is 5. The first-order valence-electron chi connectivity index (χ1n) is 13.6. The third kappa shape index (κ3) is 9.55. The van der Waals surface area contributed by atoms with Crippen molar-refractivity contribution in [2.75, 3.05) is 11.9 Å². The summed E-state index contributed by atoms with van der Waals surface area (Å²) in [5.74, 6) is -0.286. The second-order valence-corrected chi connectivity index (χ2v) is 10.2. The van der Waals surface area contributed by atoms with Crippen LogP contribution in [0.5, 0.6) is 11.5 Å². The Labute approximate surface area is 238 Å². The van der Waals surface area contributed by atoms with Gasteiger partial charge in [0, 0.05) is 24.1 Å². The molecule has 0 saturated heterocycles. The molecule has 0 aliphatic rings. The standard InChI is InChI=1S/C32H36F3NO5/c1-5-20(2)28(36-25-13-9-23(10-14-25)29(37)7-6-8-30(38)39)19-40-27-17-21(3)31(22(4)18-27)24-11-15-26(16-12-24)41-32(33,34)35/h9-18,20,28,36H,5-8,19H2,1-4H3,(H,38,39)/t20-,28+/m0/s1. The zero-order valence-corrected chi connectivity index (χ0v) is 23.7. The molecule has 220 valence electrons. The summed E-state index contributed by atoms with van der Waals surface area (Å²) in [7, 11) is 0. The van der Waals surface area contributed by atoms with E-state index in [1.165, 1.54) is 12.1 Å². The summed E-state index contributed by atoms with van der Waals surface area (Å²) in [4.78, 5) is 23.0. The summed E-state index contributed by atoms with van der Waals surface area (Å²) < 4.78 is 47.7. The van der Waals surface area contributed by atoms with Gasteiger partial charge in [-0.25, -0.2) is 0 Å². The van der Waals surface area contributed by atoms with Gasteiger partial charge in [0.1, 0.15) is 18.1 Å². The number of halogens is 3. The summed E-state index contributed by atoms with van der Waals surface area (Å²) in [6.07, 6.45) is -3.34. The van der Waals surface area contributed by atoms with Crippen molar-refractivity contribution in [1.82, 2.24) is 0 Å². The van der Waals surface area contributed by atoms with E-state index in [2.05, 4.69) is 23.9 Å². The molecule has 3 aromatic carbocycles. The van der Waals surface area contributed by atoms with E-state index in [0.29, 0.717) is 24.3 Å². The number of Topliss-reactive ketones (excluding diaryl/α,β-unsaturated/α-hetero) is 1. The summed E-state index contributed by atoms with van der Waals surface area (Å²) in [6.45, 7) is 8.50.